The van der Waals surface area contributed by atoms with Crippen LogP contribution in [-0.2, 0) is 11.3 Å². The lowest BCUT2D eigenvalue weighted by molar-refractivity contribution is -0.115. The lowest BCUT2D eigenvalue weighted by Crippen LogP contribution is -2.23. The Hall–Kier alpha value is -3.04. The zero-order valence-electron chi connectivity index (χ0n) is 15.0. The number of carbonyl (C=O) groups excluding carboxylic acids is 1. The molecule has 0 aliphatic carbocycles. The SMILES string of the molecule is COc1ccc(/C=C(/C(=O)NCc2ccc(Cl)cc2)c2ccccc2)cc1. The molecule has 27 heavy (non-hydrogen) atoms. The van der Waals surface area contributed by atoms with Gasteiger partial charge in [-0.3, -0.25) is 4.79 Å². The molecule has 3 rings (SSSR count). The van der Waals surface area contributed by atoms with Crippen LogP contribution in [0.2, 0.25) is 5.02 Å². The second-order valence-electron chi connectivity index (χ2n) is 6.01. The van der Waals surface area contributed by atoms with Gasteiger partial charge in [-0.2, -0.15) is 0 Å². The monoisotopic (exact) mass is 377 g/mol. The maximum Gasteiger partial charge on any atom is 0.252 e. The largest absolute Gasteiger partial charge is 0.497 e. The number of hydrogen-bond acceptors (Lipinski definition) is 2. The van der Waals surface area contributed by atoms with Crippen LogP contribution in [0.3, 0.4) is 0 Å². The molecule has 0 bridgehead atoms. The van der Waals surface area contributed by atoms with Gasteiger partial charge < -0.3 is 10.1 Å². The molecule has 0 aromatic heterocycles. The minimum Gasteiger partial charge on any atom is -0.497 e. The number of hydrogen-bond donors (Lipinski definition) is 1. The first-order valence-electron chi connectivity index (χ1n) is 8.59. The fourth-order valence-electron chi connectivity index (χ4n) is 2.64. The molecule has 0 aliphatic rings. The Morgan fingerprint density at radius 3 is 2.26 bits per heavy atom. The summed E-state index contributed by atoms with van der Waals surface area (Å²) in [5, 5.41) is 3.66. The van der Waals surface area contributed by atoms with E-state index in [0.29, 0.717) is 17.1 Å². The predicted molar refractivity (Wildman–Crippen MR) is 111 cm³/mol. The molecule has 0 atom stereocenters. The molecule has 0 heterocycles. The summed E-state index contributed by atoms with van der Waals surface area (Å²) < 4.78 is 5.19. The predicted octanol–water partition coefficient (Wildman–Crippen LogP) is 5.21. The highest BCUT2D eigenvalue weighted by atomic mass is 35.5. The lowest BCUT2D eigenvalue weighted by atomic mass is 10.0. The van der Waals surface area contributed by atoms with E-state index in [0.717, 1.165) is 22.4 Å². The molecule has 3 aromatic rings. The molecule has 0 aliphatic heterocycles. The van der Waals surface area contributed by atoms with Crippen LogP contribution in [0.4, 0.5) is 0 Å². The van der Waals surface area contributed by atoms with Crippen LogP contribution < -0.4 is 10.1 Å². The van der Waals surface area contributed by atoms with Gasteiger partial charge in [0.15, 0.2) is 0 Å². The smallest absolute Gasteiger partial charge is 0.252 e. The Morgan fingerprint density at radius 1 is 0.963 bits per heavy atom. The van der Waals surface area contributed by atoms with E-state index in [2.05, 4.69) is 5.32 Å². The van der Waals surface area contributed by atoms with E-state index in [4.69, 9.17) is 16.3 Å². The highest BCUT2D eigenvalue weighted by molar-refractivity contribution is 6.30. The third kappa shape index (κ3) is 5.22. The molecule has 0 saturated carbocycles. The molecule has 0 radical (unpaired) electrons. The molecular formula is C23H20ClNO2. The van der Waals surface area contributed by atoms with Crippen molar-refractivity contribution in [1.82, 2.24) is 5.32 Å². The van der Waals surface area contributed by atoms with Crippen LogP contribution in [0.25, 0.3) is 11.6 Å². The van der Waals surface area contributed by atoms with Crippen LogP contribution in [0, 0.1) is 0 Å². The fourth-order valence-corrected chi connectivity index (χ4v) is 2.77. The van der Waals surface area contributed by atoms with Crippen LogP contribution in [0.5, 0.6) is 5.75 Å². The topological polar surface area (TPSA) is 38.3 Å². The molecule has 0 fully saturated rings. The number of amides is 1. The fraction of sp³-hybridized carbons (Fsp3) is 0.0870. The number of methoxy groups -OCH3 is 1. The van der Waals surface area contributed by atoms with E-state index >= 15 is 0 Å². The van der Waals surface area contributed by atoms with Gasteiger partial charge >= 0.3 is 0 Å². The summed E-state index contributed by atoms with van der Waals surface area (Å²) in [6.07, 6.45) is 1.88. The van der Waals surface area contributed by atoms with Crippen molar-refractivity contribution in [1.29, 1.82) is 0 Å². The highest BCUT2D eigenvalue weighted by Crippen LogP contribution is 2.20. The summed E-state index contributed by atoms with van der Waals surface area (Å²) in [4.78, 5) is 12.9. The highest BCUT2D eigenvalue weighted by Gasteiger charge is 2.12. The molecule has 4 heteroatoms. The summed E-state index contributed by atoms with van der Waals surface area (Å²) in [5.74, 6) is 0.646. The quantitative estimate of drug-likeness (QED) is 0.473. The Balaban J connectivity index is 1.83. The number of nitrogens with one attached hydrogen (secondary N) is 1. The Morgan fingerprint density at radius 2 is 1.63 bits per heavy atom. The Labute approximate surface area is 164 Å². The van der Waals surface area contributed by atoms with Gasteiger partial charge in [0, 0.05) is 17.1 Å². The minimum absolute atomic E-state index is 0.132. The third-order valence-electron chi connectivity index (χ3n) is 4.12. The van der Waals surface area contributed by atoms with Gasteiger partial charge in [0.2, 0.25) is 0 Å². The number of carbonyl (C=O) groups is 1. The molecular weight excluding hydrogens is 358 g/mol. The first kappa shape index (κ1) is 18.7. The number of halogens is 1. The summed E-state index contributed by atoms with van der Waals surface area (Å²) in [5.41, 5.74) is 3.39. The number of benzene rings is 3. The van der Waals surface area contributed by atoms with Crippen molar-refractivity contribution >= 4 is 29.2 Å². The standard InChI is InChI=1S/C23H20ClNO2/c1-27-21-13-9-17(10-14-21)15-22(19-5-3-2-4-6-19)23(26)25-16-18-7-11-20(24)12-8-18/h2-15H,16H2,1H3,(H,25,26)/b22-15+. The van der Waals surface area contributed by atoms with Crippen LogP contribution >= 0.6 is 11.6 Å². The van der Waals surface area contributed by atoms with Crippen molar-refractivity contribution in [3.63, 3.8) is 0 Å². The zero-order valence-corrected chi connectivity index (χ0v) is 15.7. The van der Waals surface area contributed by atoms with Crippen LogP contribution in [0.1, 0.15) is 16.7 Å². The van der Waals surface area contributed by atoms with Crippen molar-refractivity contribution in [2.24, 2.45) is 0 Å². The Bertz CT molecular complexity index is 917. The first-order chi connectivity index (χ1) is 13.2. The van der Waals surface area contributed by atoms with Crippen molar-refractivity contribution in [3.05, 3.63) is 101 Å². The van der Waals surface area contributed by atoms with Crippen LogP contribution in [-0.4, -0.2) is 13.0 Å². The third-order valence-corrected chi connectivity index (χ3v) is 4.37. The van der Waals surface area contributed by atoms with Crippen molar-refractivity contribution < 1.29 is 9.53 Å². The molecule has 1 amide bonds. The zero-order chi connectivity index (χ0) is 19.1. The molecule has 0 unspecified atom stereocenters. The maximum atomic E-state index is 12.9. The lowest BCUT2D eigenvalue weighted by Gasteiger charge is -2.10. The van der Waals surface area contributed by atoms with E-state index < -0.39 is 0 Å². The van der Waals surface area contributed by atoms with Gasteiger partial charge in [0.25, 0.3) is 5.91 Å². The van der Waals surface area contributed by atoms with Gasteiger partial charge in [0.05, 0.1) is 7.11 Å². The summed E-state index contributed by atoms with van der Waals surface area (Å²) in [6, 6.07) is 24.7. The van der Waals surface area contributed by atoms with E-state index in [1.54, 1.807) is 7.11 Å². The second-order valence-corrected chi connectivity index (χ2v) is 6.44. The van der Waals surface area contributed by atoms with E-state index in [1.807, 2.05) is 84.9 Å². The number of rotatable bonds is 6. The van der Waals surface area contributed by atoms with Crippen molar-refractivity contribution in [2.75, 3.05) is 7.11 Å². The Kier molecular flexibility index (Phi) is 6.29. The average Bonchev–Trinajstić information content (AvgIpc) is 2.72. The van der Waals surface area contributed by atoms with Gasteiger partial charge in [-0.15, -0.1) is 0 Å². The summed E-state index contributed by atoms with van der Waals surface area (Å²) in [6.45, 7) is 0.433. The summed E-state index contributed by atoms with van der Waals surface area (Å²) >= 11 is 5.91. The van der Waals surface area contributed by atoms with Crippen molar-refractivity contribution in [3.8, 4) is 5.75 Å². The molecule has 1 N–H and O–H groups in total. The second kappa shape index (κ2) is 9.06. The normalized spacial score (nSPS) is 11.1. The molecule has 0 spiro atoms. The van der Waals surface area contributed by atoms with E-state index in [9.17, 15) is 4.79 Å². The maximum absolute atomic E-state index is 12.9. The average molecular weight is 378 g/mol. The van der Waals surface area contributed by atoms with Gasteiger partial charge in [-0.1, -0.05) is 66.2 Å². The van der Waals surface area contributed by atoms with Gasteiger partial charge in [-0.05, 0) is 47.0 Å². The molecule has 3 nitrogen and oxygen atoms in total. The van der Waals surface area contributed by atoms with Gasteiger partial charge in [-0.25, -0.2) is 0 Å². The number of ether oxygens (including phenoxy) is 1. The van der Waals surface area contributed by atoms with E-state index in [-0.39, 0.29) is 5.91 Å². The van der Waals surface area contributed by atoms with E-state index in [1.165, 1.54) is 0 Å². The molecule has 3 aromatic carbocycles. The first-order valence-corrected chi connectivity index (χ1v) is 8.97. The van der Waals surface area contributed by atoms with Crippen LogP contribution in [0.15, 0.2) is 78.9 Å². The van der Waals surface area contributed by atoms with Crippen molar-refractivity contribution in [2.45, 2.75) is 6.54 Å². The minimum atomic E-state index is -0.132. The molecule has 0 saturated heterocycles. The summed E-state index contributed by atoms with van der Waals surface area (Å²) in [7, 11) is 1.63. The molecule has 136 valence electrons. The van der Waals surface area contributed by atoms with Gasteiger partial charge in [0.1, 0.15) is 5.75 Å².